The van der Waals surface area contributed by atoms with Gasteiger partial charge in [0.2, 0.25) is 5.91 Å². The molecule has 24 heavy (non-hydrogen) atoms. The highest BCUT2D eigenvalue weighted by molar-refractivity contribution is 8.00. The fourth-order valence-corrected chi connectivity index (χ4v) is 3.64. The minimum atomic E-state index is -0.280. The van der Waals surface area contributed by atoms with Crippen molar-refractivity contribution in [3.8, 4) is 0 Å². The summed E-state index contributed by atoms with van der Waals surface area (Å²) in [5, 5.41) is 3.41. The third-order valence-corrected chi connectivity index (χ3v) is 5.13. The monoisotopic (exact) mass is 358 g/mol. The lowest BCUT2D eigenvalue weighted by Crippen LogP contribution is -2.13. The molecule has 0 spiro atoms. The molecule has 0 bridgehead atoms. The van der Waals surface area contributed by atoms with E-state index in [-0.39, 0.29) is 17.5 Å². The number of carbonyl (C=O) groups excluding carboxylic acids is 1. The molecule has 1 heterocycles. The molecule has 3 aromatic rings. The standard InChI is InChI=1S/C18H15FN2OS2/c19-14-6-8-15(9-7-14)23-12-17(22)21-18-20-11-16(24-18)10-13-4-2-1-3-5-13/h1-9,11H,10,12H2,(H,20,21,22). The largest absolute Gasteiger partial charge is 0.301 e. The van der Waals surface area contributed by atoms with Crippen LogP contribution in [0, 0.1) is 5.82 Å². The number of amides is 1. The van der Waals surface area contributed by atoms with Crippen molar-refractivity contribution in [2.75, 3.05) is 11.1 Å². The lowest BCUT2D eigenvalue weighted by molar-refractivity contribution is -0.113. The maximum Gasteiger partial charge on any atom is 0.236 e. The Kier molecular flexibility index (Phi) is 5.61. The number of benzene rings is 2. The summed E-state index contributed by atoms with van der Waals surface area (Å²) in [4.78, 5) is 18.2. The number of aromatic nitrogens is 1. The van der Waals surface area contributed by atoms with Crippen LogP contribution in [-0.2, 0) is 11.2 Å². The SMILES string of the molecule is O=C(CSc1ccc(F)cc1)Nc1ncc(Cc2ccccc2)s1. The number of halogens is 1. The number of thioether (sulfide) groups is 1. The smallest absolute Gasteiger partial charge is 0.236 e. The molecule has 0 saturated heterocycles. The summed E-state index contributed by atoms with van der Waals surface area (Å²) >= 11 is 2.84. The second-order valence-corrected chi connectivity index (χ2v) is 7.25. The molecule has 1 amide bonds. The number of hydrogen-bond acceptors (Lipinski definition) is 4. The summed E-state index contributed by atoms with van der Waals surface area (Å²) in [7, 11) is 0. The molecule has 2 aromatic carbocycles. The van der Waals surface area contributed by atoms with Crippen LogP contribution in [0.25, 0.3) is 0 Å². The van der Waals surface area contributed by atoms with Crippen molar-refractivity contribution in [2.24, 2.45) is 0 Å². The molecule has 122 valence electrons. The number of hydrogen-bond donors (Lipinski definition) is 1. The average molecular weight is 358 g/mol. The first-order chi connectivity index (χ1) is 11.7. The molecule has 3 nitrogen and oxygen atoms in total. The van der Waals surface area contributed by atoms with Crippen LogP contribution in [0.1, 0.15) is 10.4 Å². The molecule has 1 aromatic heterocycles. The molecular formula is C18H15FN2OS2. The van der Waals surface area contributed by atoms with Crippen molar-refractivity contribution in [1.29, 1.82) is 0 Å². The topological polar surface area (TPSA) is 42.0 Å². The molecule has 0 aliphatic carbocycles. The zero-order valence-corrected chi connectivity index (χ0v) is 14.4. The van der Waals surface area contributed by atoms with Gasteiger partial charge in [-0.25, -0.2) is 9.37 Å². The lowest BCUT2D eigenvalue weighted by atomic mass is 10.1. The number of anilines is 1. The number of thiazole rings is 1. The van der Waals surface area contributed by atoms with Crippen LogP contribution >= 0.6 is 23.1 Å². The molecule has 0 aliphatic rings. The van der Waals surface area contributed by atoms with E-state index >= 15 is 0 Å². The number of carbonyl (C=O) groups is 1. The van der Waals surface area contributed by atoms with E-state index in [2.05, 4.69) is 22.4 Å². The van der Waals surface area contributed by atoms with E-state index in [4.69, 9.17) is 0 Å². The predicted octanol–water partition coefficient (Wildman–Crippen LogP) is 4.60. The zero-order valence-electron chi connectivity index (χ0n) is 12.7. The van der Waals surface area contributed by atoms with Gasteiger partial charge in [-0.3, -0.25) is 4.79 Å². The van der Waals surface area contributed by atoms with Gasteiger partial charge in [-0.15, -0.1) is 23.1 Å². The summed E-state index contributed by atoms with van der Waals surface area (Å²) in [6, 6.07) is 16.2. The highest BCUT2D eigenvalue weighted by atomic mass is 32.2. The van der Waals surface area contributed by atoms with Gasteiger partial charge in [0.05, 0.1) is 5.75 Å². The minimum Gasteiger partial charge on any atom is -0.301 e. The summed E-state index contributed by atoms with van der Waals surface area (Å²) in [5.41, 5.74) is 1.21. The van der Waals surface area contributed by atoms with Gasteiger partial charge in [0, 0.05) is 22.4 Å². The minimum absolute atomic E-state index is 0.120. The Morgan fingerprint density at radius 2 is 1.88 bits per heavy atom. The first-order valence-corrected chi connectivity index (χ1v) is 9.16. The highest BCUT2D eigenvalue weighted by Gasteiger charge is 2.08. The van der Waals surface area contributed by atoms with Crippen LogP contribution < -0.4 is 5.32 Å². The van der Waals surface area contributed by atoms with Gasteiger partial charge in [0.25, 0.3) is 0 Å². The van der Waals surface area contributed by atoms with Crippen LogP contribution in [0.15, 0.2) is 65.7 Å². The van der Waals surface area contributed by atoms with E-state index in [1.165, 1.54) is 40.8 Å². The van der Waals surface area contributed by atoms with E-state index in [0.717, 1.165) is 16.2 Å². The van der Waals surface area contributed by atoms with Crippen molar-refractivity contribution in [3.63, 3.8) is 0 Å². The Hall–Kier alpha value is -2.18. The summed E-state index contributed by atoms with van der Waals surface area (Å²) in [6.45, 7) is 0. The molecule has 0 saturated carbocycles. The lowest BCUT2D eigenvalue weighted by Gasteiger charge is -2.02. The molecular weight excluding hydrogens is 343 g/mol. The van der Waals surface area contributed by atoms with Crippen molar-refractivity contribution < 1.29 is 9.18 Å². The van der Waals surface area contributed by atoms with Crippen LogP contribution in [-0.4, -0.2) is 16.6 Å². The van der Waals surface area contributed by atoms with Crippen LogP contribution in [0.3, 0.4) is 0 Å². The van der Waals surface area contributed by atoms with E-state index < -0.39 is 0 Å². The Morgan fingerprint density at radius 1 is 1.12 bits per heavy atom. The Morgan fingerprint density at radius 3 is 2.62 bits per heavy atom. The predicted molar refractivity (Wildman–Crippen MR) is 97.1 cm³/mol. The summed E-state index contributed by atoms with van der Waals surface area (Å²) in [6.07, 6.45) is 2.60. The van der Waals surface area contributed by atoms with E-state index in [1.807, 2.05) is 18.2 Å². The van der Waals surface area contributed by atoms with Crippen molar-refractivity contribution in [1.82, 2.24) is 4.98 Å². The van der Waals surface area contributed by atoms with E-state index in [1.54, 1.807) is 18.3 Å². The first kappa shape index (κ1) is 16.7. The fourth-order valence-electron chi connectivity index (χ4n) is 2.08. The Labute approximate surface area is 148 Å². The van der Waals surface area contributed by atoms with Gasteiger partial charge in [-0.1, -0.05) is 30.3 Å². The molecule has 6 heteroatoms. The first-order valence-electron chi connectivity index (χ1n) is 7.36. The van der Waals surface area contributed by atoms with Crippen LogP contribution in [0.2, 0.25) is 0 Å². The fraction of sp³-hybridized carbons (Fsp3) is 0.111. The molecule has 3 rings (SSSR count). The third-order valence-electron chi connectivity index (χ3n) is 3.20. The number of nitrogens with one attached hydrogen (secondary N) is 1. The second kappa shape index (κ2) is 8.08. The van der Waals surface area contributed by atoms with Crippen molar-refractivity contribution in [3.05, 3.63) is 77.1 Å². The second-order valence-electron chi connectivity index (χ2n) is 5.08. The van der Waals surface area contributed by atoms with E-state index in [0.29, 0.717) is 5.13 Å². The maximum atomic E-state index is 12.8. The van der Waals surface area contributed by atoms with Crippen molar-refractivity contribution >= 4 is 34.1 Å². The van der Waals surface area contributed by atoms with Crippen molar-refractivity contribution in [2.45, 2.75) is 11.3 Å². The Balaban J connectivity index is 1.50. The average Bonchev–Trinajstić information content (AvgIpc) is 3.02. The molecule has 0 unspecified atom stereocenters. The normalized spacial score (nSPS) is 10.5. The number of rotatable bonds is 6. The molecule has 1 N–H and O–H groups in total. The van der Waals surface area contributed by atoms with Gasteiger partial charge in [0.1, 0.15) is 5.82 Å². The maximum absolute atomic E-state index is 12.8. The summed E-state index contributed by atoms with van der Waals surface area (Å²) in [5.74, 6) is -0.137. The van der Waals surface area contributed by atoms with Gasteiger partial charge in [-0.2, -0.15) is 0 Å². The van der Waals surface area contributed by atoms with Gasteiger partial charge in [0.15, 0.2) is 5.13 Å². The van der Waals surface area contributed by atoms with Crippen LogP contribution in [0.4, 0.5) is 9.52 Å². The third kappa shape index (κ3) is 4.91. The van der Waals surface area contributed by atoms with Gasteiger partial charge in [-0.05, 0) is 29.8 Å². The molecule has 0 fully saturated rings. The molecule has 0 atom stereocenters. The molecule has 0 aliphatic heterocycles. The Bertz CT molecular complexity index is 803. The summed E-state index contributed by atoms with van der Waals surface area (Å²) < 4.78 is 12.8. The zero-order chi connectivity index (χ0) is 16.8. The van der Waals surface area contributed by atoms with Crippen LogP contribution in [0.5, 0.6) is 0 Å². The highest BCUT2D eigenvalue weighted by Crippen LogP contribution is 2.22. The number of nitrogens with zero attached hydrogens (tertiary/aromatic N) is 1. The van der Waals surface area contributed by atoms with E-state index in [9.17, 15) is 9.18 Å². The van der Waals surface area contributed by atoms with Gasteiger partial charge >= 0.3 is 0 Å². The molecule has 0 radical (unpaired) electrons. The quantitative estimate of drug-likeness (QED) is 0.655. The van der Waals surface area contributed by atoms with Gasteiger partial charge < -0.3 is 5.32 Å².